The van der Waals surface area contributed by atoms with Crippen LogP contribution in [0.4, 0.5) is 11.4 Å². The van der Waals surface area contributed by atoms with Gasteiger partial charge < -0.3 is 10.2 Å². The number of aromatic nitrogens is 1. The van der Waals surface area contributed by atoms with Crippen LogP contribution in [0.2, 0.25) is 0 Å². The Kier molecular flexibility index (Phi) is 6.44. The Labute approximate surface area is 193 Å². The monoisotopic (exact) mass is 466 g/mol. The number of nitrogens with one attached hydrogen (secondary N) is 1. The summed E-state index contributed by atoms with van der Waals surface area (Å²) in [5, 5.41) is 3.76. The SMILES string of the molecule is CCN(CC)S(=O)(=O)c1ccc(N2C[C@@H](C(=O)Nc3cccc4ncccc34)CC2=O)cc1. The molecular weight excluding hydrogens is 440 g/mol. The topological polar surface area (TPSA) is 99.7 Å². The molecule has 1 aliphatic heterocycles. The van der Waals surface area contributed by atoms with Crippen molar-refractivity contribution in [2.24, 2.45) is 5.92 Å². The fourth-order valence-electron chi connectivity index (χ4n) is 4.09. The largest absolute Gasteiger partial charge is 0.325 e. The molecule has 8 nitrogen and oxygen atoms in total. The molecule has 0 radical (unpaired) electrons. The highest BCUT2D eigenvalue weighted by atomic mass is 32.2. The van der Waals surface area contributed by atoms with Crippen molar-refractivity contribution in [3.63, 3.8) is 0 Å². The van der Waals surface area contributed by atoms with E-state index < -0.39 is 15.9 Å². The van der Waals surface area contributed by atoms with E-state index in [4.69, 9.17) is 0 Å². The van der Waals surface area contributed by atoms with Crippen molar-refractivity contribution >= 4 is 44.1 Å². The number of amides is 2. The zero-order chi connectivity index (χ0) is 23.6. The smallest absolute Gasteiger partial charge is 0.243 e. The number of carbonyl (C=O) groups is 2. The lowest BCUT2D eigenvalue weighted by Crippen LogP contribution is -2.31. The second-order valence-corrected chi connectivity index (χ2v) is 9.79. The maximum atomic E-state index is 12.9. The molecule has 1 aromatic heterocycles. The van der Waals surface area contributed by atoms with E-state index in [1.165, 1.54) is 21.3 Å². The highest BCUT2D eigenvalue weighted by Gasteiger charge is 2.35. The van der Waals surface area contributed by atoms with Crippen LogP contribution >= 0.6 is 0 Å². The number of hydrogen-bond donors (Lipinski definition) is 1. The van der Waals surface area contributed by atoms with Gasteiger partial charge >= 0.3 is 0 Å². The average Bonchev–Trinajstić information content (AvgIpc) is 3.22. The maximum absolute atomic E-state index is 12.9. The van der Waals surface area contributed by atoms with Gasteiger partial charge in [-0.2, -0.15) is 4.31 Å². The summed E-state index contributed by atoms with van der Waals surface area (Å²) in [7, 11) is -3.57. The molecule has 33 heavy (non-hydrogen) atoms. The minimum Gasteiger partial charge on any atom is -0.325 e. The minimum atomic E-state index is -3.57. The van der Waals surface area contributed by atoms with Crippen LogP contribution in [0.25, 0.3) is 10.9 Å². The molecule has 9 heteroatoms. The van der Waals surface area contributed by atoms with Crippen LogP contribution < -0.4 is 10.2 Å². The lowest BCUT2D eigenvalue weighted by molar-refractivity contribution is -0.122. The molecule has 0 saturated carbocycles. The quantitative estimate of drug-likeness (QED) is 0.576. The third-order valence-electron chi connectivity index (χ3n) is 5.89. The second-order valence-electron chi connectivity index (χ2n) is 7.85. The highest BCUT2D eigenvalue weighted by Crippen LogP contribution is 2.29. The van der Waals surface area contributed by atoms with Gasteiger partial charge in [-0.15, -0.1) is 0 Å². The van der Waals surface area contributed by atoms with Crippen LogP contribution in [0.1, 0.15) is 20.3 Å². The van der Waals surface area contributed by atoms with Gasteiger partial charge in [0.2, 0.25) is 21.8 Å². The van der Waals surface area contributed by atoms with Gasteiger partial charge in [-0.05, 0) is 48.5 Å². The summed E-state index contributed by atoms with van der Waals surface area (Å²) in [6.07, 6.45) is 1.79. The highest BCUT2D eigenvalue weighted by molar-refractivity contribution is 7.89. The Morgan fingerprint density at radius 3 is 2.52 bits per heavy atom. The van der Waals surface area contributed by atoms with Crippen LogP contribution in [0.15, 0.2) is 65.7 Å². The molecule has 1 N–H and O–H groups in total. The van der Waals surface area contributed by atoms with E-state index >= 15 is 0 Å². The lowest BCUT2D eigenvalue weighted by atomic mass is 10.1. The average molecular weight is 467 g/mol. The molecule has 3 aromatic rings. The Hall–Kier alpha value is -3.30. The molecule has 0 spiro atoms. The van der Waals surface area contributed by atoms with Gasteiger partial charge in [0.05, 0.1) is 22.0 Å². The van der Waals surface area contributed by atoms with E-state index in [1.54, 1.807) is 32.2 Å². The summed E-state index contributed by atoms with van der Waals surface area (Å²) in [6, 6.07) is 15.4. The second kappa shape index (κ2) is 9.29. The van der Waals surface area contributed by atoms with Gasteiger partial charge in [0.15, 0.2) is 0 Å². The van der Waals surface area contributed by atoms with Crippen molar-refractivity contribution in [2.45, 2.75) is 25.2 Å². The van der Waals surface area contributed by atoms with E-state index in [2.05, 4.69) is 10.3 Å². The molecule has 1 fully saturated rings. The van der Waals surface area contributed by atoms with E-state index in [0.717, 1.165) is 10.9 Å². The maximum Gasteiger partial charge on any atom is 0.243 e. The molecular formula is C24H26N4O4S. The summed E-state index contributed by atoms with van der Waals surface area (Å²) < 4.78 is 26.8. The lowest BCUT2D eigenvalue weighted by Gasteiger charge is -2.20. The number of rotatable bonds is 7. The number of sulfonamides is 1. The van der Waals surface area contributed by atoms with E-state index in [9.17, 15) is 18.0 Å². The fraction of sp³-hybridized carbons (Fsp3) is 0.292. The molecule has 1 aliphatic rings. The first-order valence-electron chi connectivity index (χ1n) is 10.9. The summed E-state index contributed by atoms with van der Waals surface area (Å²) >= 11 is 0. The zero-order valence-electron chi connectivity index (χ0n) is 18.6. The number of carbonyl (C=O) groups excluding carboxylic acids is 2. The first-order valence-corrected chi connectivity index (χ1v) is 12.3. The van der Waals surface area contributed by atoms with Crippen molar-refractivity contribution in [1.29, 1.82) is 0 Å². The van der Waals surface area contributed by atoms with Crippen LogP contribution in [0.3, 0.4) is 0 Å². The van der Waals surface area contributed by atoms with Gasteiger partial charge in [0.25, 0.3) is 0 Å². The van der Waals surface area contributed by atoms with E-state index in [1.807, 2.05) is 30.3 Å². The van der Waals surface area contributed by atoms with Crippen molar-refractivity contribution in [3.05, 3.63) is 60.8 Å². The summed E-state index contributed by atoms with van der Waals surface area (Å²) in [6.45, 7) is 4.58. The molecule has 1 atom stereocenters. The first kappa shape index (κ1) is 22.9. The molecule has 2 aromatic carbocycles. The fourth-order valence-corrected chi connectivity index (χ4v) is 5.55. The number of benzene rings is 2. The molecule has 0 aliphatic carbocycles. The van der Waals surface area contributed by atoms with Gasteiger partial charge in [-0.3, -0.25) is 14.6 Å². The summed E-state index contributed by atoms with van der Waals surface area (Å²) in [5.74, 6) is -0.916. The van der Waals surface area contributed by atoms with Gasteiger partial charge in [-0.1, -0.05) is 19.9 Å². The molecule has 0 bridgehead atoms. The van der Waals surface area contributed by atoms with Crippen molar-refractivity contribution in [3.8, 4) is 0 Å². The Bertz CT molecular complexity index is 1280. The number of pyridine rings is 1. The third kappa shape index (κ3) is 4.46. The van der Waals surface area contributed by atoms with E-state index in [-0.39, 0.29) is 29.7 Å². The third-order valence-corrected chi connectivity index (χ3v) is 7.96. The predicted molar refractivity (Wildman–Crippen MR) is 127 cm³/mol. The predicted octanol–water partition coefficient (Wildman–Crippen LogP) is 3.26. The number of nitrogens with zero attached hydrogens (tertiary/aromatic N) is 3. The molecule has 2 amide bonds. The molecule has 172 valence electrons. The number of hydrogen-bond acceptors (Lipinski definition) is 5. The van der Waals surface area contributed by atoms with Crippen molar-refractivity contribution in [2.75, 3.05) is 29.9 Å². The summed E-state index contributed by atoms with van der Waals surface area (Å²) in [5.41, 5.74) is 2.00. The Morgan fingerprint density at radius 2 is 1.82 bits per heavy atom. The van der Waals surface area contributed by atoms with E-state index in [0.29, 0.717) is 24.5 Å². The minimum absolute atomic E-state index is 0.0916. The molecule has 4 rings (SSSR count). The van der Waals surface area contributed by atoms with Crippen molar-refractivity contribution < 1.29 is 18.0 Å². The van der Waals surface area contributed by atoms with Crippen LogP contribution in [-0.2, 0) is 19.6 Å². The van der Waals surface area contributed by atoms with Crippen LogP contribution in [0.5, 0.6) is 0 Å². The zero-order valence-corrected chi connectivity index (χ0v) is 19.4. The number of fused-ring (bicyclic) bond motifs is 1. The van der Waals surface area contributed by atoms with Gasteiger partial charge in [0, 0.05) is 43.3 Å². The standard InChI is InChI=1S/C24H26N4O4S/c1-3-27(4-2)33(31,32)19-12-10-18(11-13-19)28-16-17(15-23(28)29)24(30)26-22-9-5-8-21-20(22)7-6-14-25-21/h5-14,17H,3-4,15-16H2,1-2H3,(H,26,30)/t17-/m0/s1. The van der Waals surface area contributed by atoms with Gasteiger partial charge in [-0.25, -0.2) is 8.42 Å². The molecule has 2 heterocycles. The Morgan fingerprint density at radius 1 is 1.09 bits per heavy atom. The van der Waals surface area contributed by atoms with Crippen molar-refractivity contribution in [1.82, 2.24) is 9.29 Å². The molecule has 1 saturated heterocycles. The van der Waals surface area contributed by atoms with Crippen LogP contribution in [-0.4, -0.2) is 49.2 Å². The van der Waals surface area contributed by atoms with Crippen LogP contribution in [0, 0.1) is 5.92 Å². The normalized spacial score (nSPS) is 16.5. The number of anilines is 2. The summed E-state index contributed by atoms with van der Waals surface area (Å²) in [4.78, 5) is 31.6. The van der Waals surface area contributed by atoms with Gasteiger partial charge in [0.1, 0.15) is 0 Å². The molecule has 0 unspecified atom stereocenters. The Balaban J connectivity index is 1.48. The first-order chi connectivity index (χ1) is 15.8.